The maximum Gasteiger partial charge on any atom is 0.255 e. The number of pyridine rings is 1. The predicted molar refractivity (Wildman–Crippen MR) is 147 cm³/mol. The first kappa shape index (κ1) is 27.0. The number of ketones is 1. The molecule has 1 N–H and O–H groups in total. The minimum absolute atomic E-state index is 0.0630. The molecule has 0 saturated carbocycles. The van der Waals surface area contributed by atoms with Gasteiger partial charge in [0.2, 0.25) is 5.91 Å². The summed E-state index contributed by atoms with van der Waals surface area (Å²) < 4.78 is 6.19. The minimum Gasteiger partial charge on any atom is -0.457 e. The summed E-state index contributed by atoms with van der Waals surface area (Å²) in [4.78, 5) is 43.2. The third-order valence-corrected chi connectivity index (χ3v) is 6.81. The van der Waals surface area contributed by atoms with E-state index >= 15 is 0 Å². The number of carbonyl (C=O) groups excluding carboxylic acids is 3. The second-order valence-corrected chi connectivity index (χ2v) is 10.4. The van der Waals surface area contributed by atoms with E-state index in [0.717, 1.165) is 24.9 Å². The molecule has 0 radical (unpaired) electrons. The van der Waals surface area contributed by atoms with Crippen LogP contribution in [0.25, 0.3) is 0 Å². The molecule has 0 aliphatic carbocycles. The van der Waals surface area contributed by atoms with E-state index in [0.29, 0.717) is 53.1 Å². The van der Waals surface area contributed by atoms with Crippen LogP contribution in [0, 0.1) is 11.8 Å². The van der Waals surface area contributed by atoms with Gasteiger partial charge in [0, 0.05) is 54.3 Å². The number of aromatic nitrogens is 1. The van der Waals surface area contributed by atoms with E-state index in [4.69, 9.17) is 4.74 Å². The molecule has 1 fully saturated rings. The molecule has 1 unspecified atom stereocenters. The van der Waals surface area contributed by atoms with Gasteiger partial charge < -0.3 is 15.0 Å². The molecular formula is C31H35N3O4. The number of nitrogens with zero attached hydrogens (tertiary/aromatic N) is 2. The van der Waals surface area contributed by atoms with E-state index < -0.39 is 0 Å². The fourth-order valence-corrected chi connectivity index (χ4v) is 4.66. The number of hydrogen-bond acceptors (Lipinski definition) is 5. The predicted octanol–water partition coefficient (Wildman–Crippen LogP) is 6.50. The average molecular weight is 514 g/mol. The molecule has 0 spiro atoms. The first-order chi connectivity index (χ1) is 18.3. The van der Waals surface area contributed by atoms with Gasteiger partial charge in [-0.3, -0.25) is 19.4 Å². The zero-order valence-corrected chi connectivity index (χ0v) is 22.3. The minimum atomic E-state index is -0.238. The summed E-state index contributed by atoms with van der Waals surface area (Å²) in [5.74, 6) is 1.98. The number of carbonyl (C=O) groups is 3. The largest absolute Gasteiger partial charge is 0.457 e. The fraction of sp³-hybridized carbons (Fsp3) is 0.355. The van der Waals surface area contributed by atoms with Crippen molar-refractivity contribution in [2.24, 2.45) is 11.8 Å². The van der Waals surface area contributed by atoms with E-state index in [1.807, 2.05) is 11.0 Å². The molecule has 198 valence electrons. The molecule has 1 aliphatic heterocycles. The molecule has 1 saturated heterocycles. The second-order valence-electron chi connectivity index (χ2n) is 10.4. The van der Waals surface area contributed by atoms with Gasteiger partial charge in [-0.25, -0.2) is 0 Å². The number of nitrogens with one attached hydrogen (secondary N) is 1. The molecule has 1 aromatic heterocycles. The SMILES string of the molecule is CC(=O)c1ccc(CN2CC(CCCC(C)C)CC2=O)c(Oc2ccc(C(=O)Nc3ccncc3)cc2)c1. The Balaban J connectivity index is 1.45. The molecule has 7 heteroatoms. The molecule has 2 amide bonds. The molecule has 4 rings (SSSR count). The smallest absolute Gasteiger partial charge is 0.255 e. The van der Waals surface area contributed by atoms with Crippen LogP contribution in [-0.4, -0.2) is 34.0 Å². The van der Waals surface area contributed by atoms with Crippen LogP contribution in [0.15, 0.2) is 67.0 Å². The van der Waals surface area contributed by atoms with Crippen LogP contribution < -0.4 is 10.1 Å². The highest BCUT2D eigenvalue weighted by atomic mass is 16.5. The number of likely N-dealkylation sites (tertiary alicyclic amines) is 1. The Hall–Kier alpha value is -4.00. The molecule has 1 atom stereocenters. The number of rotatable bonds is 11. The van der Waals surface area contributed by atoms with Crippen LogP contribution in [0.1, 0.15) is 72.7 Å². The summed E-state index contributed by atoms with van der Waals surface area (Å²) in [6.45, 7) is 7.14. The Kier molecular flexibility index (Phi) is 8.89. The average Bonchev–Trinajstić information content (AvgIpc) is 3.24. The van der Waals surface area contributed by atoms with E-state index in [9.17, 15) is 14.4 Å². The molecule has 3 aromatic rings. The van der Waals surface area contributed by atoms with Crippen molar-refractivity contribution in [3.8, 4) is 11.5 Å². The Bertz CT molecular complexity index is 1270. The summed E-state index contributed by atoms with van der Waals surface area (Å²) in [5.41, 5.74) is 2.52. The maximum atomic E-state index is 12.8. The van der Waals surface area contributed by atoms with E-state index in [1.165, 1.54) is 13.3 Å². The van der Waals surface area contributed by atoms with Crippen molar-refractivity contribution in [1.29, 1.82) is 0 Å². The molecule has 1 aliphatic rings. The van der Waals surface area contributed by atoms with Crippen LogP contribution in [0.5, 0.6) is 11.5 Å². The van der Waals surface area contributed by atoms with Crippen molar-refractivity contribution in [3.63, 3.8) is 0 Å². The van der Waals surface area contributed by atoms with Crippen LogP contribution in [0.3, 0.4) is 0 Å². The monoisotopic (exact) mass is 513 g/mol. The summed E-state index contributed by atoms with van der Waals surface area (Å²) in [5, 5.41) is 2.83. The zero-order valence-electron chi connectivity index (χ0n) is 22.3. The van der Waals surface area contributed by atoms with Crippen molar-refractivity contribution >= 4 is 23.3 Å². The number of amides is 2. The first-order valence-corrected chi connectivity index (χ1v) is 13.2. The van der Waals surface area contributed by atoms with Gasteiger partial charge in [-0.1, -0.05) is 38.8 Å². The lowest BCUT2D eigenvalue weighted by molar-refractivity contribution is -0.128. The van der Waals surface area contributed by atoms with E-state index in [2.05, 4.69) is 24.1 Å². The van der Waals surface area contributed by atoms with Gasteiger partial charge in [-0.15, -0.1) is 0 Å². The number of Topliss-reactive ketones (excluding diaryl/α,β-unsaturated/α-hetero) is 1. The number of hydrogen-bond donors (Lipinski definition) is 1. The lowest BCUT2D eigenvalue weighted by atomic mass is 9.98. The number of benzene rings is 2. The van der Waals surface area contributed by atoms with Crippen LogP contribution >= 0.6 is 0 Å². The lowest BCUT2D eigenvalue weighted by Gasteiger charge is -2.20. The van der Waals surface area contributed by atoms with E-state index in [1.54, 1.807) is 60.9 Å². The Morgan fingerprint density at radius 1 is 1.05 bits per heavy atom. The van der Waals surface area contributed by atoms with Crippen LogP contribution in [0.4, 0.5) is 5.69 Å². The van der Waals surface area contributed by atoms with Crippen molar-refractivity contribution in [3.05, 3.63) is 83.7 Å². The fourth-order valence-electron chi connectivity index (χ4n) is 4.66. The van der Waals surface area contributed by atoms with Crippen molar-refractivity contribution in [2.45, 2.75) is 53.0 Å². The van der Waals surface area contributed by atoms with Crippen molar-refractivity contribution < 1.29 is 19.1 Å². The standard InChI is InChI=1S/C31H35N3O4/c1-21(2)5-4-6-23-17-30(36)34(19-23)20-26-8-7-25(22(3)35)18-29(26)38-28-11-9-24(10-12-28)31(37)33-27-13-15-32-16-14-27/h7-16,18,21,23H,4-6,17,19-20H2,1-3H3,(H,32,33,37). The Labute approximate surface area is 224 Å². The van der Waals surface area contributed by atoms with Gasteiger partial charge in [0.25, 0.3) is 5.91 Å². The Morgan fingerprint density at radius 3 is 2.45 bits per heavy atom. The van der Waals surface area contributed by atoms with Gasteiger partial charge in [-0.05, 0) is 67.6 Å². The van der Waals surface area contributed by atoms with Crippen LogP contribution in [0.2, 0.25) is 0 Å². The summed E-state index contributed by atoms with van der Waals surface area (Å²) >= 11 is 0. The molecule has 2 heterocycles. The normalized spacial score (nSPS) is 15.1. The maximum absolute atomic E-state index is 12.8. The molecule has 7 nitrogen and oxygen atoms in total. The second kappa shape index (κ2) is 12.5. The third kappa shape index (κ3) is 7.28. The van der Waals surface area contributed by atoms with E-state index in [-0.39, 0.29) is 17.6 Å². The summed E-state index contributed by atoms with van der Waals surface area (Å²) in [6.07, 6.45) is 7.20. The Morgan fingerprint density at radius 2 is 1.76 bits per heavy atom. The van der Waals surface area contributed by atoms with Crippen molar-refractivity contribution in [1.82, 2.24) is 9.88 Å². The highest BCUT2D eigenvalue weighted by Gasteiger charge is 2.30. The van der Waals surface area contributed by atoms with Gasteiger partial charge in [-0.2, -0.15) is 0 Å². The highest BCUT2D eigenvalue weighted by Crippen LogP contribution is 2.31. The topological polar surface area (TPSA) is 88.6 Å². The zero-order chi connectivity index (χ0) is 27.1. The molecular weight excluding hydrogens is 478 g/mol. The van der Waals surface area contributed by atoms with Gasteiger partial charge in [0.05, 0.1) is 0 Å². The third-order valence-electron chi connectivity index (χ3n) is 6.81. The lowest BCUT2D eigenvalue weighted by Crippen LogP contribution is -2.25. The number of ether oxygens (including phenoxy) is 1. The summed E-state index contributed by atoms with van der Waals surface area (Å²) in [6, 6.07) is 15.6. The van der Waals surface area contributed by atoms with Gasteiger partial charge in [0.15, 0.2) is 5.78 Å². The quantitative estimate of drug-likeness (QED) is 0.296. The van der Waals surface area contributed by atoms with Gasteiger partial charge >= 0.3 is 0 Å². The van der Waals surface area contributed by atoms with Crippen LogP contribution in [-0.2, 0) is 11.3 Å². The summed E-state index contributed by atoms with van der Waals surface area (Å²) in [7, 11) is 0. The van der Waals surface area contributed by atoms with Crippen molar-refractivity contribution in [2.75, 3.05) is 11.9 Å². The van der Waals surface area contributed by atoms with Gasteiger partial charge in [0.1, 0.15) is 11.5 Å². The highest BCUT2D eigenvalue weighted by molar-refractivity contribution is 6.04. The molecule has 2 aromatic carbocycles. The molecule has 38 heavy (non-hydrogen) atoms. The molecule has 0 bridgehead atoms. The first-order valence-electron chi connectivity index (χ1n) is 13.2. The number of anilines is 1.